The molecule has 2 aromatic heterocycles. The monoisotopic (exact) mass is 272 g/mol. The molecule has 0 saturated heterocycles. The molecule has 0 amide bonds. The molecule has 0 radical (unpaired) electrons. The Hall–Kier alpha value is -2.37. The molecule has 0 fully saturated rings. The molecule has 0 saturated carbocycles. The van der Waals surface area contributed by atoms with E-state index < -0.39 is 0 Å². The van der Waals surface area contributed by atoms with Crippen molar-refractivity contribution in [3.63, 3.8) is 0 Å². The van der Waals surface area contributed by atoms with Crippen molar-refractivity contribution >= 4 is 5.97 Å². The van der Waals surface area contributed by atoms with Crippen molar-refractivity contribution in [3.8, 4) is 11.3 Å². The minimum Gasteiger partial charge on any atom is -0.461 e. The highest BCUT2D eigenvalue weighted by molar-refractivity contribution is 5.91. The summed E-state index contributed by atoms with van der Waals surface area (Å²) in [5.41, 5.74) is 4.32. The molecule has 1 aliphatic carbocycles. The molecule has 0 atom stereocenters. The molecule has 6 heteroatoms. The topological polar surface area (TPSA) is 72.8 Å². The second-order valence-corrected chi connectivity index (χ2v) is 4.62. The van der Waals surface area contributed by atoms with Crippen LogP contribution in [0.15, 0.2) is 18.9 Å². The van der Waals surface area contributed by atoms with Gasteiger partial charge in [-0.1, -0.05) is 6.08 Å². The van der Waals surface area contributed by atoms with E-state index in [1.54, 1.807) is 13.1 Å². The zero-order valence-electron chi connectivity index (χ0n) is 11.3. The number of hydrogen-bond acceptors (Lipinski definition) is 4. The van der Waals surface area contributed by atoms with E-state index in [-0.39, 0.29) is 5.97 Å². The Morgan fingerprint density at radius 3 is 3.20 bits per heavy atom. The van der Waals surface area contributed by atoms with Gasteiger partial charge < -0.3 is 4.74 Å². The molecule has 0 bridgehead atoms. The van der Waals surface area contributed by atoms with Crippen LogP contribution < -0.4 is 0 Å². The highest BCUT2D eigenvalue weighted by Crippen LogP contribution is 2.33. The number of nitrogens with one attached hydrogen (secondary N) is 1. The van der Waals surface area contributed by atoms with Crippen molar-refractivity contribution in [3.05, 3.63) is 35.8 Å². The molecule has 0 spiro atoms. The SMILES string of the molecule is C=CCn1ncc2c1CCc1c-2n[nH]c1C(=O)OCC. The summed E-state index contributed by atoms with van der Waals surface area (Å²) >= 11 is 0. The Labute approximate surface area is 116 Å². The van der Waals surface area contributed by atoms with Crippen molar-refractivity contribution in [1.82, 2.24) is 20.0 Å². The lowest BCUT2D eigenvalue weighted by Gasteiger charge is -2.13. The number of allylic oxidation sites excluding steroid dienone is 1. The molecule has 0 aliphatic heterocycles. The summed E-state index contributed by atoms with van der Waals surface area (Å²) in [4.78, 5) is 11.9. The first-order valence-electron chi connectivity index (χ1n) is 6.66. The van der Waals surface area contributed by atoms with E-state index in [4.69, 9.17) is 4.74 Å². The number of hydrogen-bond donors (Lipinski definition) is 1. The largest absolute Gasteiger partial charge is 0.461 e. The maximum Gasteiger partial charge on any atom is 0.356 e. The Morgan fingerprint density at radius 2 is 2.45 bits per heavy atom. The minimum absolute atomic E-state index is 0.344. The molecule has 1 aliphatic rings. The van der Waals surface area contributed by atoms with Crippen LogP contribution in [0.2, 0.25) is 0 Å². The van der Waals surface area contributed by atoms with Gasteiger partial charge in [0.1, 0.15) is 5.69 Å². The molecular formula is C14H16N4O2. The molecule has 1 N–H and O–H groups in total. The third-order valence-corrected chi connectivity index (χ3v) is 3.46. The van der Waals surface area contributed by atoms with Gasteiger partial charge in [-0.25, -0.2) is 4.79 Å². The first kappa shape index (κ1) is 12.7. The van der Waals surface area contributed by atoms with Crippen LogP contribution in [0.1, 0.15) is 28.7 Å². The molecule has 2 heterocycles. The number of rotatable bonds is 4. The average molecular weight is 272 g/mol. The third-order valence-electron chi connectivity index (χ3n) is 3.46. The number of fused-ring (bicyclic) bond motifs is 3. The molecule has 0 unspecified atom stereocenters. The fourth-order valence-electron chi connectivity index (χ4n) is 2.60. The molecule has 104 valence electrons. The van der Waals surface area contributed by atoms with Crippen LogP contribution in [-0.2, 0) is 24.1 Å². The van der Waals surface area contributed by atoms with Gasteiger partial charge >= 0.3 is 5.97 Å². The summed E-state index contributed by atoms with van der Waals surface area (Å²) in [6.07, 6.45) is 5.21. The number of H-pyrrole nitrogens is 1. The average Bonchev–Trinajstić information content (AvgIpc) is 3.03. The number of carbonyl (C=O) groups is 1. The summed E-state index contributed by atoms with van der Waals surface area (Å²) in [5.74, 6) is -0.344. The summed E-state index contributed by atoms with van der Waals surface area (Å²) < 4.78 is 6.96. The highest BCUT2D eigenvalue weighted by atomic mass is 16.5. The van der Waals surface area contributed by atoms with Crippen molar-refractivity contribution in [2.75, 3.05) is 6.61 Å². The summed E-state index contributed by atoms with van der Waals surface area (Å²) in [6.45, 7) is 6.56. The smallest absolute Gasteiger partial charge is 0.356 e. The van der Waals surface area contributed by atoms with E-state index in [0.29, 0.717) is 18.8 Å². The minimum atomic E-state index is -0.344. The lowest BCUT2D eigenvalue weighted by Crippen LogP contribution is -2.12. The van der Waals surface area contributed by atoms with Gasteiger partial charge in [0.05, 0.1) is 25.0 Å². The zero-order valence-corrected chi connectivity index (χ0v) is 11.3. The number of esters is 1. The second-order valence-electron chi connectivity index (χ2n) is 4.62. The zero-order chi connectivity index (χ0) is 14.1. The number of ether oxygens (including phenoxy) is 1. The fourth-order valence-corrected chi connectivity index (χ4v) is 2.60. The van der Waals surface area contributed by atoms with Gasteiger partial charge in [-0.3, -0.25) is 9.78 Å². The van der Waals surface area contributed by atoms with E-state index in [1.807, 2.05) is 10.8 Å². The summed E-state index contributed by atoms with van der Waals surface area (Å²) in [7, 11) is 0. The molecule has 20 heavy (non-hydrogen) atoms. The van der Waals surface area contributed by atoms with Crippen molar-refractivity contribution < 1.29 is 9.53 Å². The van der Waals surface area contributed by atoms with Crippen LogP contribution in [0, 0.1) is 0 Å². The van der Waals surface area contributed by atoms with Crippen LogP contribution >= 0.6 is 0 Å². The lowest BCUT2D eigenvalue weighted by molar-refractivity contribution is 0.0518. The number of nitrogens with zero attached hydrogens (tertiary/aromatic N) is 3. The molecule has 0 aromatic carbocycles. The van der Waals surface area contributed by atoms with Crippen molar-refractivity contribution in [2.45, 2.75) is 26.3 Å². The van der Waals surface area contributed by atoms with E-state index in [0.717, 1.165) is 35.4 Å². The van der Waals surface area contributed by atoms with Crippen LogP contribution in [0.5, 0.6) is 0 Å². The number of aromatic nitrogens is 4. The Balaban J connectivity index is 2.02. The second kappa shape index (κ2) is 4.96. The number of aromatic amines is 1. The van der Waals surface area contributed by atoms with E-state index in [9.17, 15) is 4.79 Å². The van der Waals surface area contributed by atoms with Crippen LogP contribution in [-0.4, -0.2) is 32.6 Å². The van der Waals surface area contributed by atoms with Crippen molar-refractivity contribution in [1.29, 1.82) is 0 Å². The Bertz CT molecular complexity index is 669. The van der Waals surface area contributed by atoms with Gasteiger partial charge in [0, 0.05) is 16.8 Å². The maximum absolute atomic E-state index is 11.9. The van der Waals surface area contributed by atoms with Gasteiger partial charge in [0.2, 0.25) is 0 Å². The van der Waals surface area contributed by atoms with Gasteiger partial charge in [-0.15, -0.1) is 6.58 Å². The normalized spacial score (nSPS) is 12.7. The highest BCUT2D eigenvalue weighted by Gasteiger charge is 2.28. The van der Waals surface area contributed by atoms with E-state index in [1.165, 1.54) is 0 Å². The van der Waals surface area contributed by atoms with Crippen molar-refractivity contribution in [2.24, 2.45) is 0 Å². The standard InChI is InChI=1S/C14H16N4O2/c1-3-7-18-11-6-5-9-12(10(11)8-15-18)16-17-13(9)14(19)20-4-2/h3,8H,1,4-7H2,2H3,(H,16,17). The van der Waals surface area contributed by atoms with E-state index in [2.05, 4.69) is 21.9 Å². The molecule has 6 nitrogen and oxygen atoms in total. The fraction of sp³-hybridized carbons (Fsp3) is 0.357. The predicted molar refractivity (Wildman–Crippen MR) is 73.4 cm³/mol. The number of carbonyl (C=O) groups excluding carboxylic acids is 1. The lowest BCUT2D eigenvalue weighted by atomic mass is 9.94. The Kier molecular flexibility index (Phi) is 3.14. The first-order valence-corrected chi connectivity index (χ1v) is 6.66. The maximum atomic E-state index is 11.9. The van der Waals surface area contributed by atoms with Gasteiger partial charge in [-0.2, -0.15) is 10.2 Å². The van der Waals surface area contributed by atoms with Crippen LogP contribution in [0.3, 0.4) is 0 Å². The quantitative estimate of drug-likeness (QED) is 0.679. The summed E-state index contributed by atoms with van der Waals surface area (Å²) in [5, 5.41) is 11.4. The molecule has 2 aromatic rings. The Morgan fingerprint density at radius 1 is 1.60 bits per heavy atom. The van der Waals surface area contributed by atoms with Gasteiger partial charge in [0.15, 0.2) is 0 Å². The molecule has 3 rings (SSSR count). The van der Waals surface area contributed by atoms with Crippen LogP contribution in [0.25, 0.3) is 11.3 Å². The van der Waals surface area contributed by atoms with Crippen LogP contribution in [0.4, 0.5) is 0 Å². The first-order chi connectivity index (χ1) is 9.76. The third kappa shape index (κ3) is 1.84. The molecular weight excluding hydrogens is 256 g/mol. The predicted octanol–water partition coefficient (Wildman–Crippen LogP) is 1.73. The van der Waals surface area contributed by atoms with Gasteiger partial charge in [0.25, 0.3) is 0 Å². The summed E-state index contributed by atoms with van der Waals surface area (Å²) in [6, 6.07) is 0. The van der Waals surface area contributed by atoms with E-state index >= 15 is 0 Å². The van der Waals surface area contributed by atoms with Gasteiger partial charge in [-0.05, 0) is 19.8 Å².